The predicted molar refractivity (Wildman–Crippen MR) is 105 cm³/mol. The van der Waals surface area contributed by atoms with E-state index in [2.05, 4.69) is 31.7 Å². The molecule has 2 aliphatic rings. The van der Waals surface area contributed by atoms with Gasteiger partial charge in [0.25, 0.3) is 11.8 Å². The van der Waals surface area contributed by atoms with Gasteiger partial charge in [0, 0.05) is 0 Å². The number of hydrogen-bond acceptors (Lipinski definition) is 6. The van der Waals surface area contributed by atoms with Crippen LogP contribution in [0.5, 0.6) is 5.75 Å². The Morgan fingerprint density at radius 1 is 1.00 bits per heavy atom. The van der Waals surface area contributed by atoms with Gasteiger partial charge in [0.15, 0.2) is 0 Å². The van der Waals surface area contributed by atoms with Gasteiger partial charge in [-0.25, -0.2) is 9.80 Å². The maximum Gasteiger partial charge on any atom is 0.328 e. The van der Waals surface area contributed by atoms with Crippen LogP contribution in [0.15, 0.2) is 59.7 Å². The lowest BCUT2D eigenvalue weighted by molar-refractivity contribution is -0.138. The molecule has 2 N–H and O–H groups in total. The molecule has 4 amide bonds. The van der Waals surface area contributed by atoms with E-state index in [1.165, 1.54) is 5.01 Å². The first-order chi connectivity index (χ1) is 13.5. The number of barbiturate groups is 1. The molecule has 0 radical (unpaired) electrons. The SMILES string of the molecule is COc1ccc(C2C(Br)=NN(c3ccccc3)C23C(=O)NC(=O)NC3=O)cc1. The molecule has 142 valence electrons. The van der Waals surface area contributed by atoms with Crippen LogP contribution in [-0.2, 0) is 9.59 Å². The predicted octanol–water partition coefficient (Wildman–Crippen LogP) is 2.11. The van der Waals surface area contributed by atoms with Crippen LogP contribution in [0.1, 0.15) is 11.5 Å². The van der Waals surface area contributed by atoms with Gasteiger partial charge in [-0.05, 0) is 45.8 Å². The molecule has 0 aromatic heterocycles. The number of methoxy groups -OCH3 is 1. The van der Waals surface area contributed by atoms with Gasteiger partial charge in [-0.2, -0.15) is 5.10 Å². The van der Waals surface area contributed by atoms with Gasteiger partial charge in [0.2, 0.25) is 5.54 Å². The number of para-hydroxylation sites is 1. The van der Waals surface area contributed by atoms with Crippen LogP contribution in [0.2, 0.25) is 0 Å². The second-order valence-electron chi connectivity index (χ2n) is 6.28. The Bertz CT molecular complexity index is 971. The highest BCUT2D eigenvalue weighted by atomic mass is 79.9. The number of hydrazone groups is 1. The molecular weight excluding hydrogens is 428 g/mol. The smallest absolute Gasteiger partial charge is 0.328 e. The molecule has 1 fully saturated rings. The van der Waals surface area contributed by atoms with E-state index in [0.29, 0.717) is 21.6 Å². The molecule has 0 bridgehead atoms. The van der Waals surface area contributed by atoms with Crippen LogP contribution < -0.4 is 20.4 Å². The number of rotatable bonds is 3. The summed E-state index contributed by atoms with van der Waals surface area (Å²) >= 11 is 3.43. The van der Waals surface area contributed by atoms with Gasteiger partial charge in [-0.15, -0.1) is 0 Å². The van der Waals surface area contributed by atoms with Gasteiger partial charge in [-0.1, -0.05) is 30.3 Å². The van der Waals surface area contributed by atoms with Crippen molar-refractivity contribution in [1.29, 1.82) is 0 Å². The molecule has 2 aromatic carbocycles. The molecule has 1 atom stereocenters. The number of nitrogens with zero attached hydrogens (tertiary/aromatic N) is 2. The summed E-state index contributed by atoms with van der Waals surface area (Å²) in [5.74, 6) is -1.63. The number of amides is 4. The number of nitrogens with one attached hydrogen (secondary N) is 2. The van der Waals surface area contributed by atoms with Crippen molar-refractivity contribution in [2.24, 2.45) is 5.10 Å². The standard InChI is InChI=1S/C19H15BrN4O4/c1-28-13-9-7-11(8-10-13)14-15(20)23-24(12-5-3-2-4-6-12)19(14)16(25)21-18(27)22-17(19)26/h2-10,14H,1H3,(H2,21,22,25,26,27). The fourth-order valence-electron chi connectivity index (χ4n) is 3.52. The number of hydrogen-bond donors (Lipinski definition) is 2. The van der Waals surface area contributed by atoms with Gasteiger partial charge >= 0.3 is 6.03 Å². The Kier molecular flexibility index (Phi) is 4.38. The second kappa shape index (κ2) is 6.75. The average molecular weight is 443 g/mol. The van der Waals surface area contributed by atoms with Crippen LogP contribution in [0, 0.1) is 0 Å². The lowest BCUT2D eigenvalue weighted by atomic mass is 9.77. The van der Waals surface area contributed by atoms with E-state index in [-0.39, 0.29) is 0 Å². The average Bonchev–Trinajstić information content (AvgIpc) is 3.01. The minimum Gasteiger partial charge on any atom is -0.497 e. The number of anilines is 1. The van der Waals surface area contributed by atoms with E-state index < -0.39 is 29.3 Å². The van der Waals surface area contributed by atoms with Crippen molar-refractivity contribution in [3.8, 4) is 5.75 Å². The lowest BCUT2D eigenvalue weighted by Crippen LogP contribution is -2.73. The van der Waals surface area contributed by atoms with Gasteiger partial charge in [0.1, 0.15) is 10.4 Å². The zero-order valence-electron chi connectivity index (χ0n) is 14.7. The maximum atomic E-state index is 13.1. The van der Waals surface area contributed by atoms with Crippen molar-refractivity contribution >= 4 is 44.1 Å². The Balaban J connectivity index is 1.91. The maximum absolute atomic E-state index is 13.1. The molecule has 1 unspecified atom stereocenters. The van der Waals surface area contributed by atoms with E-state index in [1.54, 1.807) is 55.6 Å². The summed E-state index contributed by atoms with van der Waals surface area (Å²) in [4.78, 5) is 38.0. The Morgan fingerprint density at radius 3 is 2.18 bits per heavy atom. The minimum atomic E-state index is -1.80. The highest BCUT2D eigenvalue weighted by Gasteiger charge is 2.65. The summed E-state index contributed by atoms with van der Waals surface area (Å²) in [6, 6.07) is 15.0. The van der Waals surface area contributed by atoms with E-state index >= 15 is 0 Å². The van der Waals surface area contributed by atoms with Crippen molar-refractivity contribution in [3.05, 3.63) is 60.2 Å². The van der Waals surface area contributed by atoms with Gasteiger partial charge in [0.05, 0.1) is 18.7 Å². The summed E-state index contributed by atoms with van der Waals surface area (Å²) in [7, 11) is 1.55. The molecular formula is C19H15BrN4O4. The molecule has 0 saturated carbocycles. The van der Waals surface area contributed by atoms with Crippen molar-refractivity contribution in [3.63, 3.8) is 0 Å². The third-order valence-corrected chi connectivity index (χ3v) is 5.40. The largest absolute Gasteiger partial charge is 0.497 e. The third kappa shape index (κ3) is 2.58. The monoisotopic (exact) mass is 442 g/mol. The number of ether oxygens (including phenoxy) is 1. The third-order valence-electron chi connectivity index (χ3n) is 4.78. The molecule has 9 heteroatoms. The van der Waals surface area contributed by atoms with Crippen LogP contribution in [0.25, 0.3) is 0 Å². The van der Waals surface area contributed by atoms with Crippen molar-refractivity contribution in [1.82, 2.24) is 10.6 Å². The first-order valence-electron chi connectivity index (χ1n) is 8.38. The van der Waals surface area contributed by atoms with Crippen molar-refractivity contribution in [2.75, 3.05) is 12.1 Å². The Labute approximate surface area is 168 Å². The van der Waals surface area contributed by atoms with E-state index in [0.717, 1.165) is 0 Å². The van der Waals surface area contributed by atoms with E-state index in [9.17, 15) is 14.4 Å². The van der Waals surface area contributed by atoms with Crippen LogP contribution in [0.3, 0.4) is 0 Å². The zero-order chi connectivity index (χ0) is 19.9. The van der Waals surface area contributed by atoms with Crippen molar-refractivity contribution < 1.29 is 19.1 Å². The first kappa shape index (κ1) is 18.2. The molecule has 28 heavy (non-hydrogen) atoms. The number of benzene rings is 2. The quantitative estimate of drug-likeness (QED) is 0.708. The molecule has 2 heterocycles. The van der Waals surface area contributed by atoms with Gasteiger partial charge < -0.3 is 4.74 Å². The first-order valence-corrected chi connectivity index (χ1v) is 9.18. The highest BCUT2D eigenvalue weighted by molar-refractivity contribution is 9.18. The minimum absolute atomic E-state index is 0.390. The fraction of sp³-hybridized carbons (Fsp3) is 0.158. The highest BCUT2D eigenvalue weighted by Crippen LogP contribution is 2.46. The number of urea groups is 1. The topological polar surface area (TPSA) is 100 Å². The summed E-state index contributed by atoms with van der Waals surface area (Å²) in [6.07, 6.45) is 0. The fourth-order valence-corrected chi connectivity index (χ4v) is 4.27. The summed E-state index contributed by atoms with van der Waals surface area (Å²) in [6.45, 7) is 0. The van der Waals surface area contributed by atoms with Crippen molar-refractivity contribution in [2.45, 2.75) is 11.5 Å². The van der Waals surface area contributed by atoms with E-state index in [1.807, 2.05) is 6.07 Å². The van der Waals surface area contributed by atoms with Crippen LogP contribution in [-0.4, -0.2) is 35.1 Å². The molecule has 8 nitrogen and oxygen atoms in total. The molecule has 1 spiro atoms. The number of halogens is 1. The molecule has 1 saturated heterocycles. The van der Waals surface area contributed by atoms with Gasteiger partial charge in [-0.3, -0.25) is 20.2 Å². The Hall–Kier alpha value is -3.20. The Morgan fingerprint density at radius 2 is 1.61 bits per heavy atom. The molecule has 0 aliphatic carbocycles. The normalized spacial score (nSPS) is 20.6. The summed E-state index contributed by atoms with van der Waals surface area (Å²) in [5, 5.41) is 10.2. The number of carbonyl (C=O) groups is 3. The molecule has 2 aromatic rings. The van der Waals surface area contributed by atoms with Crippen LogP contribution in [0.4, 0.5) is 10.5 Å². The van der Waals surface area contributed by atoms with E-state index in [4.69, 9.17) is 4.74 Å². The molecule has 2 aliphatic heterocycles. The summed E-state index contributed by atoms with van der Waals surface area (Å²) < 4.78 is 5.58. The summed E-state index contributed by atoms with van der Waals surface area (Å²) in [5.41, 5.74) is -0.604. The lowest BCUT2D eigenvalue weighted by Gasteiger charge is -2.40. The number of imide groups is 2. The van der Waals surface area contributed by atoms with Crippen LogP contribution >= 0.6 is 15.9 Å². The second-order valence-corrected chi connectivity index (χ2v) is 7.09. The zero-order valence-corrected chi connectivity index (χ0v) is 16.3. The number of carbonyl (C=O) groups excluding carboxylic acids is 3. The molecule has 4 rings (SSSR count).